The third-order valence-electron chi connectivity index (χ3n) is 2.21. The molecule has 1 rings (SSSR count). The number of hydrogen-bond acceptors (Lipinski definition) is 2. The molecular weight excluding hydrogens is 162 g/mol. The van der Waals surface area contributed by atoms with Gasteiger partial charge in [-0.2, -0.15) is 0 Å². The number of benzene rings is 1. The minimum Gasteiger partial charge on any atom is -0.411 e. The summed E-state index contributed by atoms with van der Waals surface area (Å²) in [4.78, 5) is 0. The van der Waals surface area contributed by atoms with Gasteiger partial charge in [0.15, 0.2) is 0 Å². The minimum absolute atomic E-state index is 0.750. The van der Waals surface area contributed by atoms with E-state index in [2.05, 4.69) is 24.2 Å². The van der Waals surface area contributed by atoms with E-state index in [0.29, 0.717) is 0 Å². The van der Waals surface area contributed by atoms with Crippen LogP contribution in [0.5, 0.6) is 0 Å². The predicted molar refractivity (Wildman–Crippen MR) is 54.4 cm³/mol. The lowest BCUT2D eigenvalue weighted by Gasteiger charge is -2.04. The lowest BCUT2D eigenvalue weighted by molar-refractivity contribution is 0.317. The second-order valence-corrected chi connectivity index (χ2v) is 3.12. The number of rotatable bonds is 3. The molecule has 0 spiro atoms. The topological polar surface area (TPSA) is 32.6 Å². The van der Waals surface area contributed by atoms with Crippen molar-refractivity contribution in [2.24, 2.45) is 5.16 Å². The highest BCUT2D eigenvalue weighted by Crippen LogP contribution is 2.09. The van der Waals surface area contributed by atoms with Crippen molar-refractivity contribution in [1.29, 1.82) is 0 Å². The highest BCUT2D eigenvalue weighted by Gasteiger charge is 2.01. The van der Waals surface area contributed by atoms with Crippen LogP contribution in [0.4, 0.5) is 0 Å². The summed E-state index contributed by atoms with van der Waals surface area (Å²) < 4.78 is 0. The van der Waals surface area contributed by atoms with Gasteiger partial charge in [0.05, 0.1) is 5.71 Å². The van der Waals surface area contributed by atoms with Gasteiger partial charge in [-0.25, -0.2) is 0 Å². The van der Waals surface area contributed by atoms with E-state index in [1.807, 2.05) is 19.1 Å². The zero-order valence-electron chi connectivity index (χ0n) is 8.12. The normalized spacial score (nSPS) is 11.7. The van der Waals surface area contributed by atoms with Crippen LogP contribution in [0.2, 0.25) is 0 Å². The number of oxime groups is 1. The summed E-state index contributed by atoms with van der Waals surface area (Å²) >= 11 is 0. The summed E-state index contributed by atoms with van der Waals surface area (Å²) in [5.74, 6) is 0. The standard InChI is InChI=1S/C11H15NO/c1-3-11(12-13)8-10-7-5-4-6-9(10)2/h4-7,13H,3,8H2,1-2H3. The Bertz CT molecular complexity index is 305. The molecule has 70 valence electrons. The average Bonchev–Trinajstić information content (AvgIpc) is 2.17. The maximum absolute atomic E-state index is 8.67. The average molecular weight is 177 g/mol. The Kier molecular flexibility index (Phi) is 3.50. The van der Waals surface area contributed by atoms with Gasteiger partial charge in [0.2, 0.25) is 0 Å². The van der Waals surface area contributed by atoms with Crippen LogP contribution in [0.25, 0.3) is 0 Å². The first-order valence-electron chi connectivity index (χ1n) is 4.52. The smallest absolute Gasteiger partial charge is 0.0611 e. The van der Waals surface area contributed by atoms with Crippen LogP contribution in [0, 0.1) is 6.92 Å². The molecule has 0 atom stereocenters. The van der Waals surface area contributed by atoms with Crippen LogP contribution in [-0.2, 0) is 6.42 Å². The maximum Gasteiger partial charge on any atom is 0.0611 e. The monoisotopic (exact) mass is 177 g/mol. The van der Waals surface area contributed by atoms with Gasteiger partial charge in [0, 0.05) is 6.42 Å². The SMILES string of the molecule is CCC(Cc1ccccc1C)=NO. The van der Waals surface area contributed by atoms with Crippen molar-refractivity contribution < 1.29 is 5.21 Å². The summed E-state index contributed by atoms with van der Waals surface area (Å²) in [5, 5.41) is 11.9. The summed E-state index contributed by atoms with van der Waals surface area (Å²) in [6, 6.07) is 8.16. The predicted octanol–water partition coefficient (Wildman–Crippen LogP) is 2.78. The maximum atomic E-state index is 8.67. The van der Waals surface area contributed by atoms with Gasteiger partial charge in [-0.3, -0.25) is 0 Å². The number of nitrogens with zero attached hydrogens (tertiary/aromatic N) is 1. The molecule has 2 heteroatoms. The van der Waals surface area contributed by atoms with E-state index in [0.717, 1.165) is 18.6 Å². The van der Waals surface area contributed by atoms with Gasteiger partial charge in [-0.15, -0.1) is 0 Å². The minimum atomic E-state index is 0.750. The molecule has 0 heterocycles. The van der Waals surface area contributed by atoms with Crippen LogP contribution in [0.15, 0.2) is 29.4 Å². The fourth-order valence-electron chi connectivity index (χ4n) is 1.26. The Morgan fingerprint density at radius 3 is 2.62 bits per heavy atom. The van der Waals surface area contributed by atoms with Crippen LogP contribution < -0.4 is 0 Å². The molecule has 0 radical (unpaired) electrons. The van der Waals surface area contributed by atoms with Gasteiger partial charge in [-0.1, -0.05) is 36.3 Å². The van der Waals surface area contributed by atoms with Crippen LogP contribution in [-0.4, -0.2) is 10.9 Å². The van der Waals surface area contributed by atoms with E-state index in [-0.39, 0.29) is 0 Å². The Morgan fingerprint density at radius 2 is 2.08 bits per heavy atom. The van der Waals surface area contributed by atoms with Crippen LogP contribution in [0.3, 0.4) is 0 Å². The van der Waals surface area contributed by atoms with Crippen molar-refractivity contribution in [3.63, 3.8) is 0 Å². The van der Waals surface area contributed by atoms with E-state index in [9.17, 15) is 0 Å². The molecule has 0 fully saturated rings. The molecule has 0 aliphatic heterocycles. The Balaban J connectivity index is 2.80. The Hall–Kier alpha value is -1.31. The van der Waals surface area contributed by atoms with Gasteiger partial charge in [-0.05, 0) is 24.5 Å². The van der Waals surface area contributed by atoms with E-state index < -0.39 is 0 Å². The number of aryl methyl sites for hydroxylation is 1. The van der Waals surface area contributed by atoms with Crippen molar-refractivity contribution in [2.45, 2.75) is 26.7 Å². The van der Waals surface area contributed by atoms with E-state index in [4.69, 9.17) is 5.21 Å². The summed E-state index contributed by atoms with van der Waals surface area (Å²) in [5.41, 5.74) is 3.31. The first-order valence-corrected chi connectivity index (χ1v) is 4.52. The van der Waals surface area contributed by atoms with Crippen molar-refractivity contribution in [3.05, 3.63) is 35.4 Å². The molecule has 0 amide bonds. The lowest BCUT2D eigenvalue weighted by atomic mass is 10.0. The zero-order chi connectivity index (χ0) is 9.68. The fraction of sp³-hybridized carbons (Fsp3) is 0.364. The molecule has 1 aromatic rings. The largest absolute Gasteiger partial charge is 0.411 e. The van der Waals surface area contributed by atoms with Crippen molar-refractivity contribution >= 4 is 5.71 Å². The molecular formula is C11H15NO. The quantitative estimate of drug-likeness (QED) is 0.430. The van der Waals surface area contributed by atoms with Crippen LogP contribution >= 0.6 is 0 Å². The third kappa shape index (κ3) is 2.58. The van der Waals surface area contributed by atoms with Crippen molar-refractivity contribution in [2.75, 3.05) is 0 Å². The highest BCUT2D eigenvalue weighted by molar-refractivity contribution is 5.85. The lowest BCUT2D eigenvalue weighted by Crippen LogP contribution is -2.02. The fourth-order valence-corrected chi connectivity index (χ4v) is 1.26. The molecule has 2 nitrogen and oxygen atoms in total. The van der Waals surface area contributed by atoms with E-state index in [1.165, 1.54) is 11.1 Å². The molecule has 0 bridgehead atoms. The summed E-state index contributed by atoms with van der Waals surface area (Å²) in [6.07, 6.45) is 1.55. The molecule has 0 aromatic heterocycles. The highest BCUT2D eigenvalue weighted by atomic mass is 16.4. The molecule has 0 aliphatic rings. The van der Waals surface area contributed by atoms with Crippen molar-refractivity contribution in [1.82, 2.24) is 0 Å². The third-order valence-corrected chi connectivity index (χ3v) is 2.21. The molecule has 13 heavy (non-hydrogen) atoms. The second kappa shape index (κ2) is 4.65. The molecule has 0 unspecified atom stereocenters. The van der Waals surface area contributed by atoms with Crippen LogP contribution in [0.1, 0.15) is 24.5 Å². The molecule has 0 saturated heterocycles. The molecule has 0 saturated carbocycles. The van der Waals surface area contributed by atoms with Gasteiger partial charge >= 0.3 is 0 Å². The van der Waals surface area contributed by atoms with Gasteiger partial charge in [0.1, 0.15) is 0 Å². The van der Waals surface area contributed by atoms with Gasteiger partial charge in [0.25, 0.3) is 0 Å². The Labute approximate surface area is 78.9 Å². The molecule has 1 aromatic carbocycles. The Morgan fingerprint density at radius 1 is 1.38 bits per heavy atom. The van der Waals surface area contributed by atoms with E-state index in [1.54, 1.807) is 0 Å². The zero-order valence-corrected chi connectivity index (χ0v) is 8.12. The molecule has 1 N–H and O–H groups in total. The van der Waals surface area contributed by atoms with E-state index >= 15 is 0 Å². The number of hydrogen-bond donors (Lipinski definition) is 1. The molecule has 0 aliphatic carbocycles. The first-order chi connectivity index (χ1) is 6.27. The van der Waals surface area contributed by atoms with Gasteiger partial charge < -0.3 is 5.21 Å². The first kappa shape index (κ1) is 9.78. The summed E-state index contributed by atoms with van der Waals surface area (Å²) in [7, 11) is 0. The second-order valence-electron chi connectivity index (χ2n) is 3.12. The summed E-state index contributed by atoms with van der Waals surface area (Å²) in [6.45, 7) is 4.06. The van der Waals surface area contributed by atoms with Crippen molar-refractivity contribution in [3.8, 4) is 0 Å².